The van der Waals surface area contributed by atoms with E-state index in [1.54, 1.807) is 6.20 Å². The molecule has 124 valence electrons. The first-order valence-corrected chi connectivity index (χ1v) is 8.89. The minimum Gasteiger partial charge on any atom is -0.356 e. The second-order valence-corrected chi connectivity index (χ2v) is 6.67. The summed E-state index contributed by atoms with van der Waals surface area (Å²) in [5, 5.41) is 0. The van der Waals surface area contributed by atoms with Gasteiger partial charge in [0.25, 0.3) is 5.91 Å². The van der Waals surface area contributed by atoms with Crippen molar-refractivity contribution in [1.82, 2.24) is 9.88 Å². The van der Waals surface area contributed by atoms with E-state index in [2.05, 4.69) is 34.1 Å². The molecule has 4 nitrogen and oxygen atoms in total. The Morgan fingerprint density at radius 2 is 1.71 bits per heavy atom. The van der Waals surface area contributed by atoms with Crippen LogP contribution in [0.25, 0.3) is 0 Å². The molecule has 1 saturated heterocycles. The molecule has 2 aliphatic heterocycles. The van der Waals surface area contributed by atoms with Crippen molar-refractivity contribution in [2.45, 2.75) is 32.2 Å². The van der Waals surface area contributed by atoms with Gasteiger partial charge in [0, 0.05) is 32.4 Å². The van der Waals surface area contributed by atoms with Gasteiger partial charge in [-0.2, -0.15) is 0 Å². The summed E-state index contributed by atoms with van der Waals surface area (Å²) in [7, 11) is 0. The molecular formula is C20H23N3O. The van der Waals surface area contributed by atoms with Crippen molar-refractivity contribution in [2.75, 3.05) is 24.5 Å². The molecule has 0 bridgehead atoms. The van der Waals surface area contributed by atoms with Crippen LogP contribution in [0.4, 0.5) is 5.82 Å². The Balaban J connectivity index is 1.59. The fourth-order valence-electron chi connectivity index (χ4n) is 3.76. The summed E-state index contributed by atoms with van der Waals surface area (Å²) in [6.07, 6.45) is 6.37. The van der Waals surface area contributed by atoms with Gasteiger partial charge < -0.3 is 9.80 Å². The van der Waals surface area contributed by atoms with Crippen molar-refractivity contribution in [2.24, 2.45) is 0 Å². The molecule has 0 aliphatic carbocycles. The number of carbonyl (C=O) groups is 1. The summed E-state index contributed by atoms with van der Waals surface area (Å²) < 4.78 is 0. The number of anilines is 1. The summed E-state index contributed by atoms with van der Waals surface area (Å²) >= 11 is 0. The molecule has 0 unspecified atom stereocenters. The smallest absolute Gasteiger partial charge is 0.257 e. The van der Waals surface area contributed by atoms with Crippen LogP contribution >= 0.6 is 0 Å². The summed E-state index contributed by atoms with van der Waals surface area (Å²) in [6.45, 7) is 3.48. The van der Waals surface area contributed by atoms with E-state index in [9.17, 15) is 4.79 Å². The predicted molar refractivity (Wildman–Crippen MR) is 95.2 cm³/mol. The normalized spacial score (nSPS) is 17.5. The van der Waals surface area contributed by atoms with Gasteiger partial charge in [-0.15, -0.1) is 0 Å². The summed E-state index contributed by atoms with van der Waals surface area (Å²) in [5.74, 6) is 0.972. The topological polar surface area (TPSA) is 36.4 Å². The van der Waals surface area contributed by atoms with Crippen LogP contribution in [0.5, 0.6) is 0 Å². The first-order chi connectivity index (χ1) is 11.8. The molecule has 3 heterocycles. The zero-order valence-corrected chi connectivity index (χ0v) is 13.9. The number of hydrogen-bond acceptors (Lipinski definition) is 3. The Hall–Kier alpha value is -2.36. The Morgan fingerprint density at radius 1 is 0.917 bits per heavy atom. The van der Waals surface area contributed by atoms with Gasteiger partial charge in [-0.05, 0) is 48.9 Å². The van der Waals surface area contributed by atoms with Crippen molar-refractivity contribution >= 4 is 11.7 Å². The van der Waals surface area contributed by atoms with Crippen molar-refractivity contribution in [1.29, 1.82) is 0 Å². The molecule has 4 rings (SSSR count). The Bertz CT molecular complexity index is 737. The monoisotopic (exact) mass is 321 g/mol. The van der Waals surface area contributed by atoms with Gasteiger partial charge in [0.2, 0.25) is 0 Å². The van der Waals surface area contributed by atoms with Gasteiger partial charge in [-0.25, -0.2) is 4.98 Å². The number of fused-ring (bicyclic) bond motifs is 1. The van der Waals surface area contributed by atoms with Gasteiger partial charge in [0.05, 0.1) is 5.56 Å². The second kappa shape index (κ2) is 6.63. The largest absolute Gasteiger partial charge is 0.356 e. The molecule has 0 saturated carbocycles. The van der Waals surface area contributed by atoms with Gasteiger partial charge in [0.15, 0.2) is 0 Å². The number of nitrogens with zero attached hydrogens (tertiary/aromatic N) is 3. The highest BCUT2D eigenvalue weighted by atomic mass is 16.2. The van der Waals surface area contributed by atoms with Crippen molar-refractivity contribution in [3.63, 3.8) is 0 Å². The van der Waals surface area contributed by atoms with Crippen LogP contribution < -0.4 is 4.90 Å². The van der Waals surface area contributed by atoms with Crippen LogP contribution in [0.1, 0.15) is 40.7 Å². The highest BCUT2D eigenvalue weighted by Gasteiger charge is 2.26. The first kappa shape index (κ1) is 15.2. The minimum atomic E-state index is 0.109. The molecule has 1 aromatic carbocycles. The fraction of sp³-hybridized carbons (Fsp3) is 0.400. The third-order valence-corrected chi connectivity index (χ3v) is 5.09. The average molecular weight is 321 g/mol. The van der Waals surface area contributed by atoms with Crippen molar-refractivity contribution < 1.29 is 4.79 Å². The fourth-order valence-corrected chi connectivity index (χ4v) is 3.76. The molecule has 1 aromatic heterocycles. The molecule has 0 N–H and O–H groups in total. The predicted octanol–water partition coefficient (Wildman–Crippen LogP) is 3.27. The minimum absolute atomic E-state index is 0.109. The number of amides is 1. The Morgan fingerprint density at radius 3 is 2.54 bits per heavy atom. The third kappa shape index (κ3) is 2.88. The van der Waals surface area contributed by atoms with Crippen molar-refractivity contribution in [3.05, 3.63) is 59.3 Å². The highest BCUT2D eigenvalue weighted by Crippen LogP contribution is 2.25. The van der Waals surface area contributed by atoms with E-state index in [4.69, 9.17) is 0 Å². The molecule has 0 spiro atoms. The number of pyridine rings is 1. The molecule has 4 heteroatoms. The van der Waals surface area contributed by atoms with E-state index in [0.717, 1.165) is 37.4 Å². The van der Waals surface area contributed by atoms with Gasteiger partial charge in [-0.1, -0.05) is 24.3 Å². The van der Waals surface area contributed by atoms with Crippen LogP contribution in [0.15, 0.2) is 42.6 Å². The number of piperidine rings is 1. The van der Waals surface area contributed by atoms with Crippen LogP contribution in [0, 0.1) is 0 Å². The van der Waals surface area contributed by atoms with Gasteiger partial charge in [0.1, 0.15) is 5.82 Å². The maximum Gasteiger partial charge on any atom is 0.257 e. The summed E-state index contributed by atoms with van der Waals surface area (Å²) in [6, 6.07) is 12.2. The zero-order chi connectivity index (χ0) is 16.4. The average Bonchev–Trinajstić information content (AvgIpc) is 2.68. The lowest BCUT2D eigenvalue weighted by molar-refractivity contribution is 0.0735. The Kier molecular flexibility index (Phi) is 4.20. The summed E-state index contributed by atoms with van der Waals surface area (Å²) in [5.41, 5.74) is 3.38. The molecule has 2 aromatic rings. The first-order valence-electron chi connectivity index (χ1n) is 8.89. The zero-order valence-electron chi connectivity index (χ0n) is 13.9. The molecule has 1 fully saturated rings. The molecule has 0 radical (unpaired) electrons. The molecular weight excluding hydrogens is 298 g/mol. The van der Waals surface area contributed by atoms with Gasteiger partial charge >= 0.3 is 0 Å². The van der Waals surface area contributed by atoms with Crippen LogP contribution in [-0.4, -0.2) is 35.4 Å². The third-order valence-electron chi connectivity index (χ3n) is 5.09. The van der Waals surface area contributed by atoms with E-state index in [0.29, 0.717) is 6.54 Å². The van der Waals surface area contributed by atoms with E-state index < -0.39 is 0 Å². The second-order valence-electron chi connectivity index (χ2n) is 6.67. The number of aromatic nitrogens is 1. The lowest BCUT2D eigenvalue weighted by atomic mass is 9.99. The number of carbonyl (C=O) groups excluding carboxylic acids is 1. The van der Waals surface area contributed by atoms with E-state index >= 15 is 0 Å². The Labute approximate surface area is 143 Å². The number of benzene rings is 1. The van der Waals surface area contributed by atoms with E-state index in [1.165, 1.54) is 30.4 Å². The number of rotatable bonds is 2. The SMILES string of the molecule is O=C(c1cccnc1N1CCCCC1)N1CCc2ccccc2C1. The highest BCUT2D eigenvalue weighted by molar-refractivity contribution is 5.99. The maximum atomic E-state index is 13.1. The molecule has 0 atom stereocenters. The lowest BCUT2D eigenvalue weighted by Gasteiger charge is -2.32. The quantitative estimate of drug-likeness (QED) is 0.852. The van der Waals surface area contributed by atoms with Crippen LogP contribution in [-0.2, 0) is 13.0 Å². The number of hydrogen-bond donors (Lipinski definition) is 0. The molecule has 1 amide bonds. The van der Waals surface area contributed by atoms with Crippen LogP contribution in [0.2, 0.25) is 0 Å². The standard InChI is InChI=1S/C20H23N3O/c24-20(23-14-10-16-7-2-3-8-17(16)15-23)18-9-6-11-21-19(18)22-12-4-1-5-13-22/h2-3,6-9,11H,1,4-5,10,12-15H2. The molecule has 24 heavy (non-hydrogen) atoms. The van der Waals surface area contributed by atoms with E-state index in [-0.39, 0.29) is 5.91 Å². The van der Waals surface area contributed by atoms with Crippen molar-refractivity contribution in [3.8, 4) is 0 Å². The maximum absolute atomic E-state index is 13.1. The van der Waals surface area contributed by atoms with Gasteiger partial charge in [-0.3, -0.25) is 4.79 Å². The lowest BCUT2D eigenvalue weighted by Crippen LogP contribution is -2.38. The van der Waals surface area contributed by atoms with E-state index in [1.807, 2.05) is 17.0 Å². The molecule has 2 aliphatic rings. The van der Waals surface area contributed by atoms with Crippen LogP contribution in [0.3, 0.4) is 0 Å². The summed E-state index contributed by atoms with van der Waals surface area (Å²) in [4.78, 5) is 21.9.